The zero-order chi connectivity index (χ0) is 21.8. The fraction of sp³-hybridized carbons (Fsp3) is 0.667. The van der Waals surface area contributed by atoms with Crippen LogP contribution in [-0.4, -0.2) is 54.7 Å². The zero-order valence-corrected chi connectivity index (χ0v) is 18.8. The lowest BCUT2D eigenvalue weighted by Gasteiger charge is -2.29. The lowest BCUT2D eigenvalue weighted by molar-refractivity contribution is -0.143. The Bertz CT molecular complexity index is 787. The maximum absolute atomic E-state index is 12.7. The van der Waals surface area contributed by atoms with Crippen molar-refractivity contribution in [2.75, 3.05) is 20.7 Å². The van der Waals surface area contributed by atoms with Crippen LogP contribution in [0.5, 0.6) is 11.5 Å². The monoisotopic (exact) mass is 429 g/mol. The van der Waals surface area contributed by atoms with E-state index in [9.17, 15) is 9.59 Å². The van der Waals surface area contributed by atoms with Gasteiger partial charge in [0.2, 0.25) is 11.8 Å². The number of rotatable bonds is 7. The summed E-state index contributed by atoms with van der Waals surface area (Å²) < 4.78 is 11.7. The van der Waals surface area contributed by atoms with Gasteiger partial charge in [-0.25, -0.2) is 5.01 Å². The Morgan fingerprint density at radius 2 is 1.77 bits per heavy atom. The average molecular weight is 430 g/mol. The summed E-state index contributed by atoms with van der Waals surface area (Å²) in [5.41, 5.74) is 1.000. The molecule has 3 aliphatic rings. The van der Waals surface area contributed by atoms with E-state index in [0.717, 1.165) is 49.8 Å². The van der Waals surface area contributed by atoms with Crippen molar-refractivity contribution < 1.29 is 19.1 Å². The van der Waals surface area contributed by atoms with Crippen LogP contribution in [0.1, 0.15) is 75.8 Å². The number of nitrogens with one attached hydrogen (secondary N) is 1. The number of methoxy groups -OCH3 is 1. The van der Waals surface area contributed by atoms with Gasteiger partial charge in [0.25, 0.3) is 0 Å². The standard InChI is InChI=1S/C24H35N3O4/c1-26-20(15-24(29)27(26)16-23(28)25-18-8-4-3-5-9-18)17-12-13-21(30-2)22(14-17)31-19-10-6-7-11-19/h12-14,18-20H,3-11,15-16H2,1-2H3,(H,25,28). The molecule has 170 valence electrons. The molecule has 1 heterocycles. The molecule has 0 bridgehead atoms. The van der Waals surface area contributed by atoms with Gasteiger partial charge in [-0.3, -0.25) is 14.6 Å². The Hall–Kier alpha value is -2.28. The molecule has 1 aliphatic heterocycles. The van der Waals surface area contributed by atoms with E-state index in [0.29, 0.717) is 12.2 Å². The van der Waals surface area contributed by atoms with Crippen molar-refractivity contribution in [3.63, 3.8) is 0 Å². The minimum Gasteiger partial charge on any atom is -0.493 e. The highest BCUT2D eigenvalue weighted by Crippen LogP contribution is 2.38. The van der Waals surface area contributed by atoms with E-state index in [4.69, 9.17) is 9.47 Å². The summed E-state index contributed by atoms with van der Waals surface area (Å²) in [6, 6.07) is 6.03. The third-order valence-corrected chi connectivity index (χ3v) is 6.92. The van der Waals surface area contributed by atoms with Crippen LogP contribution < -0.4 is 14.8 Å². The summed E-state index contributed by atoms with van der Waals surface area (Å²) in [4.78, 5) is 25.3. The Morgan fingerprint density at radius 1 is 1.06 bits per heavy atom. The van der Waals surface area contributed by atoms with Crippen LogP contribution in [-0.2, 0) is 9.59 Å². The van der Waals surface area contributed by atoms with Crippen LogP contribution in [0, 0.1) is 0 Å². The molecule has 0 aromatic heterocycles. The molecule has 4 rings (SSSR count). The number of nitrogens with zero attached hydrogens (tertiary/aromatic N) is 2. The van der Waals surface area contributed by atoms with Crippen LogP contribution in [0.15, 0.2) is 18.2 Å². The van der Waals surface area contributed by atoms with Crippen molar-refractivity contribution in [2.45, 2.75) is 82.4 Å². The summed E-state index contributed by atoms with van der Waals surface area (Å²) in [5.74, 6) is 1.35. The molecule has 7 nitrogen and oxygen atoms in total. The third kappa shape index (κ3) is 5.14. The van der Waals surface area contributed by atoms with Crippen LogP contribution in [0.2, 0.25) is 0 Å². The van der Waals surface area contributed by atoms with Crippen LogP contribution in [0.25, 0.3) is 0 Å². The first-order valence-electron chi connectivity index (χ1n) is 11.7. The summed E-state index contributed by atoms with van der Waals surface area (Å²) >= 11 is 0. The van der Waals surface area contributed by atoms with E-state index >= 15 is 0 Å². The highest BCUT2D eigenvalue weighted by Gasteiger charge is 2.37. The summed E-state index contributed by atoms with van der Waals surface area (Å²) in [6.07, 6.45) is 10.8. The normalized spacial score (nSPS) is 23.4. The maximum atomic E-state index is 12.7. The first kappa shape index (κ1) is 21.9. The maximum Gasteiger partial charge on any atom is 0.241 e. The van der Waals surface area contributed by atoms with Crippen molar-refractivity contribution in [1.82, 2.24) is 15.3 Å². The minimum absolute atomic E-state index is 0.0274. The Labute approximate surface area is 185 Å². The topological polar surface area (TPSA) is 71.1 Å². The van der Waals surface area contributed by atoms with Gasteiger partial charge in [-0.2, -0.15) is 0 Å². The van der Waals surface area contributed by atoms with Crippen LogP contribution >= 0.6 is 0 Å². The molecule has 0 radical (unpaired) electrons. The Morgan fingerprint density at radius 3 is 2.48 bits per heavy atom. The molecule has 31 heavy (non-hydrogen) atoms. The predicted molar refractivity (Wildman–Crippen MR) is 118 cm³/mol. The lowest BCUT2D eigenvalue weighted by Crippen LogP contribution is -2.47. The number of carbonyl (C=O) groups excluding carboxylic acids is 2. The van der Waals surface area contributed by atoms with Gasteiger partial charge in [0.15, 0.2) is 11.5 Å². The Balaban J connectivity index is 1.42. The predicted octanol–water partition coefficient (Wildman–Crippen LogP) is 3.59. The van der Waals surface area contributed by atoms with Crippen molar-refractivity contribution in [3.8, 4) is 11.5 Å². The summed E-state index contributed by atoms with van der Waals surface area (Å²) in [5, 5.41) is 6.58. The highest BCUT2D eigenvalue weighted by molar-refractivity contribution is 5.86. The molecule has 1 aromatic carbocycles. The molecule has 7 heteroatoms. The van der Waals surface area contributed by atoms with E-state index in [1.54, 1.807) is 12.1 Å². The summed E-state index contributed by atoms with van der Waals surface area (Å²) in [6.45, 7) is 0.0733. The molecule has 2 aliphatic carbocycles. The van der Waals surface area contributed by atoms with Gasteiger partial charge < -0.3 is 14.8 Å². The summed E-state index contributed by atoms with van der Waals surface area (Å²) in [7, 11) is 3.53. The van der Waals surface area contributed by atoms with Gasteiger partial charge in [0.05, 0.1) is 19.3 Å². The van der Waals surface area contributed by atoms with E-state index in [1.165, 1.54) is 19.3 Å². The molecule has 2 saturated carbocycles. The van der Waals surface area contributed by atoms with Gasteiger partial charge in [-0.05, 0) is 56.2 Å². The largest absolute Gasteiger partial charge is 0.493 e. The molecule has 1 saturated heterocycles. The molecule has 1 aromatic rings. The van der Waals surface area contributed by atoms with E-state index in [2.05, 4.69) is 5.32 Å². The molecule has 2 amide bonds. The number of benzene rings is 1. The molecular weight excluding hydrogens is 394 g/mol. The molecule has 1 atom stereocenters. The van der Waals surface area contributed by atoms with Gasteiger partial charge in [0.1, 0.15) is 6.54 Å². The second kappa shape index (κ2) is 9.90. The number of ether oxygens (including phenoxy) is 2. The molecule has 3 fully saturated rings. The van der Waals surface area contributed by atoms with E-state index in [-0.39, 0.29) is 36.5 Å². The van der Waals surface area contributed by atoms with E-state index in [1.807, 2.05) is 30.3 Å². The minimum atomic E-state index is -0.119. The van der Waals surface area contributed by atoms with Gasteiger partial charge in [0, 0.05) is 19.5 Å². The molecule has 1 N–H and O–H groups in total. The number of hydrogen-bond acceptors (Lipinski definition) is 5. The van der Waals surface area contributed by atoms with Crippen LogP contribution in [0.4, 0.5) is 0 Å². The zero-order valence-electron chi connectivity index (χ0n) is 18.8. The first-order chi connectivity index (χ1) is 15.0. The van der Waals surface area contributed by atoms with Gasteiger partial charge >= 0.3 is 0 Å². The van der Waals surface area contributed by atoms with E-state index < -0.39 is 0 Å². The second-order valence-corrected chi connectivity index (χ2v) is 9.08. The van der Waals surface area contributed by atoms with Crippen molar-refractivity contribution in [1.29, 1.82) is 0 Å². The molecule has 1 unspecified atom stereocenters. The van der Waals surface area contributed by atoms with Gasteiger partial charge in [-0.1, -0.05) is 25.3 Å². The number of amides is 2. The lowest BCUT2D eigenvalue weighted by atomic mass is 9.95. The van der Waals surface area contributed by atoms with Crippen molar-refractivity contribution in [3.05, 3.63) is 23.8 Å². The number of hydrazine groups is 1. The quantitative estimate of drug-likeness (QED) is 0.717. The fourth-order valence-corrected chi connectivity index (χ4v) is 5.12. The van der Waals surface area contributed by atoms with Crippen LogP contribution in [0.3, 0.4) is 0 Å². The highest BCUT2D eigenvalue weighted by atomic mass is 16.5. The first-order valence-corrected chi connectivity index (χ1v) is 11.7. The Kier molecular flexibility index (Phi) is 7.00. The second-order valence-electron chi connectivity index (χ2n) is 9.08. The molecular formula is C24H35N3O4. The average Bonchev–Trinajstić information content (AvgIpc) is 3.38. The van der Waals surface area contributed by atoms with Crippen molar-refractivity contribution in [2.24, 2.45) is 0 Å². The SMILES string of the molecule is COc1ccc(C2CC(=O)N(CC(=O)NC3CCCCC3)N2C)cc1OC1CCCC1. The van der Waals surface area contributed by atoms with Gasteiger partial charge in [-0.15, -0.1) is 0 Å². The smallest absolute Gasteiger partial charge is 0.241 e. The van der Waals surface area contributed by atoms with Crippen molar-refractivity contribution >= 4 is 11.8 Å². The third-order valence-electron chi connectivity index (χ3n) is 6.92. The fourth-order valence-electron chi connectivity index (χ4n) is 5.12. The molecule has 0 spiro atoms. The number of hydrogen-bond donors (Lipinski definition) is 1. The number of carbonyl (C=O) groups is 2.